The van der Waals surface area contributed by atoms with Gasteiger partial charge in [0.25, 0.3) is 5.78 Å². The molecule has 1 unspecified atom stereocenters. The van der Waals surface area contributed by atoms with Gasteiger partial charge in [0, 0.05) is 11.6 Å². The first kappa shape index (κ1) is 11.8. The molecule has 0 spiro atoms. The molecule has 0 aromatic heterocycles. The van der Waals surface area contributed by atoms with Crippen LogP contribution in [0.2, 0.25) is 0 Å². The Kier molecular flexibility index (Phi) is 2.57. The van der Waals surface area contributed by atoms with Crippen molar-refractivity contribution in [2.45, 2.75) is 6.54 Å². The van der Waals surface area contributed by atoms with Crippen molar-refractivity contribution in [2.24, 2.45) is 0 Å². The van der Waals surface area contributed by atoms with Crippen molar-refractivity contribution in [2.75, 3.05) is 7.05 Å². The molecule has 3 rings (SSSR count). The van der Waals surface area contributed by atoms with Crippen molar-refractivity contribution in [3.05, 3.63) is 65.7 Å². The standard InChI is InChI=1S/C16H14NO2/c1-17(11-12-7-3-2-4-8-12)14-10-6-5-9-13(14)15(18)16(17)19/h2-10H,11H2,1H3/q+1. The summed E-state index contributed by atoms with van der Waals surface area (Å²) in [5, 5.41) is 0. The van der Waals surface area contributed by atoms with Crippen molar-refractivity contribution in [3.8, 4) is 0 Å². The normalized spacial score (nSPS) is 21.5. The van der Waals surface area contributed by atoms with Crippen molar-refractivity contribution in [3.63, 3.8) is 0 Å². The summed E-state index contributed by atoms with van der Waals surface area (Å²) in [6.07, 6.45) is 0. The quantitative estimate of drug-likeness (QED) is 0.608. The van der Waals surface area contributed by atoms with E-state index in [9.17, 15) is 9.59 Å². The van der Waals surface area contributed by atoms with E-state index in [1.165, 1.54) is 0 Å². The van der Waals surface area contributed by atoms with Gasteiger partial charge in [-0.25, -0.2) is 9.28 Å². The second-order valence-electron chi connectivity index (χ2n) is 4.99. The SMILES string of the molecule is C[N+]1(Cc2ccccc2)C(=O)C(=O)c2ccccc21. The first-order valence-corrected chi connectivity index (χ1v) is 6.21. The van der Waals surface area contributed by atoms with Crippen LogP contribution in [0.25, 0.3) is 0 Å². The lowest BCUT2D eigenvalue weighted by Crippen LogP contribution is -2.48. The third-order valence-corrected chi connectivity index (χ3v) is 3.66. The Morgan fingerprint density at radius 3 is 2.26 bits per heavy atom. The maximum atomic E-state index is 12.3. The molecular weight excluding hydrogens is 238 g/mol. The maximum Gasteiger partial charge on any atom is 0.392 e. The van der Waals surface area contributed by atoms with Gasteiger partial charge in [0.1, 0.15) is 6.54 Å². The first-order chi connectivity index (χ1) is 9.13. The molecule has 0 bridgehead atoms. The van der Waals surface area contributed by atoms with Gasteiger partial charge >= 0.3 is 5.91 Å². The van der Waals surface area contributed by atoms with Gasteiger partial charge in [-0.2, -0.15) is 0 Å². The van der Waals surface area contributed by atoms with Gasteiger partial charge in [-0.3, -0.25) is 4.79 Å². The molecule has 1 heterocycles. The van der Waals surface area contributed by atoms with E-state index in [0.717, 1.165) is 11.3 Å². The minimum absolute atomic E-state index is 0.0268. The predicted octanol–water partition coefficient (Wildman–Crippen LogP) is 2.55. The zero-order valence-electron chi connectivity index (χ0n) is 10.7. The number of rotatable bonds is 2. The molecule has 0 radical (unpaired) electrons. The van der Waals surface area contributed by atoms with Crippen LogP contribution in [-0.2, 0) is 11.3 Å². The summed E-state index contributed by atoms with van der Waals surface area (Å²) < 4.78 is 0.0268. The van der Waals surface area contributed by atoms with Crippen molar-refractivity contribution < 1.29 is 9.59 Å². The Morgan fingerprint density at radius 2 is 1.53 bits per heavy atom. The number of carbonyl (C=O) groups excluding carboxylic acids is 2. The molecule has 3 heteroatoms. The van der Waals surface area contributed by atoms with Crippen LogP contribution in [0.3, 0.4) is 0 Å². The summed E-state index contributed by atoms with van der Waals surface area (Å²) in [7, 11) is 1.80. The van der Waals surface area contributed by atoms with E-state index in [1.807, 2.05) is 42.5 Å². The highest BCUT2D eigenvalue weighted by atomic mass is 16.2. The number of amides is 1. The second kappa shape index (κ2) is 4.14. The molecular formula is C16H14NO2+. The molecule has 94 valence electrons. The average molecular weight is 252 g/mol. The maximum absolute atomic E-state index is 12.3. The molecule has 0 fully saturated rings. The first-order valence-electron chi connectivity index (χ1n) is 6.21. The lowest BCUT2D eigenvalue weighted by atomic mass is 10.1. The number of likely N-dealkylation sites (N-methyl/N-ethyl adjacent to an activating group) is 1. The van der Waals surface area contributed by atoms with E-state index in [0.29, 0.717) is 12.1 Å². The van der Waals surface area contributed by atoms with Crippen LogP contribution < -0.4 is 4.48 Å². The summed E-state index contributed by atoms with van der Waals surface area (Å²) in [5.74, 6) is -0.737. The number of quaternary nitrogens is 1. The molecule has 1 atom stereocenters. The zero-order valence-corrected chi connectivity index (χ0v) is 10.7. The molecule has 1 aliphatic rings. The fraction of sp³-hybridized carbons (Fsp3) is 0.125. The Hall–Kier alpha value is -2.26. The van der Waals surface area contributed by atoms with E-state index in [-0.39, 0.29) is 16.2 Å². The Morgan fingerprint density at radius 1 is 0.895 bits per heavy atom. The third-order valence-electron chi connectivity index (χ3n) is 3.66. The molecule has 1 aliphatic heterocycles. The average Bonchev–Trinajstić information content (AvgIpc) is 2.63. The van der Waals surface area contributed by atoms with Crippen molar-refractivity contribution >= 4 is 17.4 Å². The van der Waals surface area contributed by atoms with Gasteiger partial charge in [-0.1, -0.05) is 42.5 Å². The minimum atomic E-state index is -0.381. The summed E-state index contributed by atoms with van der Waals surface area (Å²) in [5.41, 5.74) is 2.37. The highest BCUT2D eigenvalue weighted by molar-refractivity contribution is 6.50. The van der Waals surface area contributed by atoms with Crippen LogP contribution >= 0.6 is 0 Å². The van der Waals surface area contributed by atoms with Crippen LogP contribution in [-0.4, -0.2) is 18.7 Å². The highest BCUT2D eigenvalue weighted by Gasteiger charge is 2.49. The molecule has 3 nitrogen and oxygen atoms in total. The summed E-state index contributed by atoms with van der Waals surface area (Å²) >= 11 is 0. The van der Waals surface area contributed by atoms with Gasteiger partial charge < -0.3 is 0 Å². The third kappa shape index (κ3) is 1.71. The summed E-state index contributed by atoms with van der Waals surface area (Å²) in [4.78, 5) is 24.3. The van der Waals surface area contributed by atoms with Gasteiger partial charge in [-0.15, -0.1) is 0 Å². The van der Waals surface area contributed by atoms with E-state index < -0.39 is 0 Å². The molecule has 2 aromatic carbocycles. The number of carbonyl (C=O) groups is 2. The topological polar surface area (TPSA) is 34.1 Å². The fourth-order valence-electron chi connectivity index (χ4n) is 2.65. The predicted molar refractivity (Wildman–Crippen MR) is 73.6 cm³/mol. The largest absolute Gasteiger partial charge is 0.392 e. The summed E-state index contributed by atoms with van der Waals surface area (Å²) in [6.45, 7) is 0.502. The molecule has 1 amide bonds. The number of Topliss-reactive ketones (excluding diaryl/α,β-unsaturated/α-hetero) is 1. The van der Waals surface area contributed by atoms with E-state index in [1.54, 1.807) is 19.2 Å². The molecule has 2 aromatic rings. The van der Waals surface area contributed by atoms with Crippen LogP contribution in [0, 0.1) is 0 Å². The molecule has 19 heavy (non-hydrogen) atoms. The van der Waals surface area contributed by atoms with Gasteiger partial charge in [0.15, 0.2) is 5.69 Å². The van der Waals surface area contributed by atoms with Crippen LogP contribution in [0.4, 0.5) is 5.69 Å². The minimum Gasteiger partial charge on any atom is -0.278 e. The van der Waals surface area contributed by atoms with Gasteiger partial charge in [0.05, 0.1) is 12.6 Å². The molecule has 0 saturated heterocycles. The highest BCUT2D eigenvalue weighted by Crippen LogP contribution is 2.35. The monoisotopic (exact) mass is 252 g/mol. The number of para-hydroxylation sites is 1. The number of benzene rings is 2. The van der Waals surface area contributed by atoms with Crippen LogP contribution in [0.1, 0.15) is 15.9 Å². The molecule has 0 N–H and O–H groups in total. The fourth-order valence-corrected chi connectivity index (χ4v) is 2.65. The Bertz CT molecular complexity index is 663. The number of nitrogens with zero attached hydrogens (tertiary/aromatic N) is 1. The van der Waals surface area contributed by atoms with Gasteiger partial charge in [0.2, 0.25) is 0 Å². The number of ketones is 1. The molecule has 0 saturated carbocycles. The number of fused-ring (bicyclic) bond motifs is 1. The Balaban J connectivity index is 2.09. The second-order valence-corrected chi connectivity index (χ2v) is 4.99. The molecule has 0 aliphatic carbocycles. The van der Waals surface area contributed by atoms with E-state index >= 15 is 0 Å². The van der Waals surface area contributed by atoms with Crippen molar-refractivity contribution in [1.29, 1.82) is 0 Å². The summed E-state index contributed by atoms with van der Waals surface area (Å²) in [6, 6.07) is 17.0. The number of hydrogen-bond acceptors (Lipinski definition) is 2. The zero-order chi connectivity index (χ0) is 13.5. The van der Waals surface area contributed by atoms with E-state index in [4.69, 9.17) is 0 Å². The lowest BCUT2D eigenvalue weighted by molar-refractivity contribution is -0.124. The Labute approximate surface area is 111 Å². The van der Waals surface area contributed by atoms with Gasteiger partial charge in [-0.05, 0) is 6.07 Å². The van der Waals surface area contributed by atoms with Crippen LogP contribution in [0.15, 0.2) is 54.6 Å². The van der Waals surface area contributed by atoms with Crippen molar-refractivity contribution in [1.82, 2.24) is 4.48 Å². The lowest BCUT2D eigenvalue weighted by Gasteiger charge is -2.26. The van der Waals surface area contributed by atoms with E-state index in [2.05, 4.69) is 0 Å². The smallest absolute Gasteiger partial charge is 0.278 e. The van der Waals surface area contributed by atoms with Crippen LogP contribution in [0.5, 0.6) is 0 Å². The number of hydrogen-bond donors (Lipinski definition) is 0.